The van der Waals surface area contributed by atoms with Gasteiger partial charge in [-0.2, -0.15) is 0 Å². The molecule has 0 aliphatic carbocycles. The minimum absolute atomic E-state index is 0.0536. The summed E-state index contributed by atoms with van der Waals surface area (Å²) in [6.07, 6.45) is 0.372. The number of benzene rings is 1. The molecule has 0 fully saturated rings. The quantitative estimate of drug-likeness (QED) is 0.588. The number of nitrogens with zero attached hydrogens (tertiary/aromatic N) is 1. The van der Waals surface area contributed by atoms with Crippen molar-refractivity contribution in [3.63, 3.8) is 0 Å². The third kappa shape index (κ3) is 8.54. The molecule has 4 atom stereocenters. The third-order valence-electron chi connectivity index (χ3n) is 5.10. The number of carboxylic acid groups (broad SMARTS) is 1. The summed E-state index contributed by atoms with van der Waals surface area (Å²) in [4.78, 5) is 37.6. The number of carboxylic acids is 1. The highest BCUT2D eigenvalue weighted by atomic mass is 16.6. The topological polar surface area (TPSA) is 95.9 Å². The fourth-order valence-electron chi connectivity index (χ4n) is 2.99. The normalized spacial score (nSPS) is 14.9. The molecule has 0 saturated heterocycles. The lowest BCUT2D eigenvalue weighted by atomic mass is 9.95. The van der Waals surface area contributed by atoms with Crippen molar-refractivity contribution in [3.05, 3.63) is 35.9 Å². The Bertz CT molecular complexity index is 662. The lowest BCUT2D eigenvalue weighted by molar-refractivity contribution is -0.147. The first-order valence-corrected chi connectivity index (χ1v) is 10.1. The molecule has 0 aliphatic rings. The molecule has 162 valence electrons. The van der Waals surface area contributed by atoms with Gasteiger partial charge < -0.3 is 20.1 Å². The van der Waals surface area contributed by atoms with E-state index in [-0.39, 0.29) is 24.2 Å². The van der Waals surface area contributed by atoms with Crippen LogP contribution in [0.3, 0.4) is 0 Å². The van der Waals surface area contributed by atoms with Gasteiger partial charge in [0.05, 0.1) is 0 Å². The van der Waals surface area contributed by atoms with Crippen molar-refractivity contribution >= 4 is 18.0 Å². The van der Waals surface area contributed by atoms with Crippen molar-refractivity contribution in [1.82, 2.24) is 10.2 Å². The Labute approximate surface area is 173 Å². The average Bonchev–Trinajstić information content (AvgIpc) is 2.69. The van der Waals surface area contributed by atoms with Gasteiger partial charge in [-0.1, -0.05) is 57.5 Å². The van der Waals surface area contributed by atoms with Crippen LogP contribution in [0.15, 0.2) is 30.3 Å². The van der Waals surface area contributed by atoms with Gasteiger partial charge in [-0.15, -0.1) is 0 Å². The van der Waals surface area contributed by atoms with E-state index >= 15 is 0 Å². The number of aryl methyl sites for hydroxylation is 1. The fourth-order valence-corrected chi connectivity index (χ4v) is 2.99. The van der Waals surface area contributed by atoms with Crippen molar-refractivity contribution in [2.75, 3.05) is 14.1 Å². The molecule has 7 nitrogen and oxygen atoms in total. The predicted octanol–water partition coefficient (Wildman–Crippen LogP) is 3.33. The van der Waals surface area contributed by atoms with E-state index in [2.05, 4.69) is 5.32 Å². The summed E-state index contributed by atoms with van der Waals surface area (Å²) in [5.41, 5.74) is 1.18. The van der Waals surface area contributed by atoms with Crippen molar-refractivity contribution in [3.8, 4) is 0 Å². The number of alkyl carbamates (subject to hydrolysis) is 1. The van der Waals surface area contributed by atoms with Crippen LogP contribution in [-0.4, -0.2) is 54.2 Å². The van der Waals surface area contributed by atoms with Gasteiger partial charge in [-0.05, 0) is 36.7 Å². The van der Waals surface area contributed by atoms with E-state index in [1.807, 2.05) is 51.1 Å². The maximum absolute atomic E-state index is 12.3. The molecule has 1 rings (SSSR count). The molecule has 1 aromatic carbocycles. The van der Waals surface area contributed by atoms with E-state index in [1.165, 1.54) is 10.5 Å². The lowest BCUT2D eigenvalue weighted by Crippen LogP contribution is -2.50. The number of carbonyl (C=O) groups excluding carboxylic acids is 2. The summed E-state index contributed by atoms with van der Waals surface area (Å²) in [5, 5.41) is 12.0. The molecule has 2 amide bonds. The Kier molecular flexibility index (Phi) is 10.2. The molecule has 0 bridgehead atoms. The predicted molar refractivity (Wildman–Crippen MR) is 112 cm³/mol. The van der Waals surface area contributed by atoms with Crippen LogP contribution in [0.4, 0.5) is 4.79 Å². The maximum atomic E-state index is 12.3. The number of carbonyl (C=O) groups is 3. The van der Waals surface area contributed by atoms with E-state index < -0.39 is 24.2 Å². The molecule has 0 heterocycles. The summed E-state index contributed by atoms with van der Waals surface area (Å²) < 4.78 is 5.17. The molecule has 0 spiro atoms. The Hall–Kier alpha value is -2.57. The second-order valence-corrected chi connectivity index (χ2v) is 7.84. The van der Waals surface area contributed by atoms with Crippen LogP contribution in [0.25, 0.3) is 0 Å². The van der Waals surface area contributed by atoms with Crippen LogP contribution in [0.1, 0.15) is 45.6 Å². The number of nitrogens with one attached hydrogen (secondary N) is 1. The number of aliphatic carboxylic acids is 1. The van der Waals surface area contributed by atoms with Crippen LogP contribution >= 0.6 is 0 Å². The van der Waals surface area contributed by atoms with Gasteiger partial charge in [0.25, 0.3) is 0 Å². The number of hydrogen-bond donors (Lipinski definition) is 2. The van der Waals surface area contributed by atoms with Crippen LogP contribution in [0, 0.1) is 11.8 Å². The Balaban J connectivity index is 2.65. The molecule has 2 N–H and O–H groups in total. The largest absolute Gasteiger partial charge is 0.479 e. The van der Waals surface area contributed by atoms with Gasteiger partial charge in [0, 0.05) is 14.1 Å². The van der Waals surface area contributed by atoms with Gasteiger partial charge in [-0.25, -0.2) is 9.59 Å². The molecule has 0 aromatic heterocycles. The highest BCUT2D eigenvalue weighted by Crippen LogP contribution is 2.17. The minimum atomic E-state index is -1.26. The molecule has 0 radical (unpaired) electrons. The first kappa shape index (κ1) is 24.5. The van der Waals surface area contributed by atoms with E-state index in [4.69, 9.17) is 4.74 Å². The van der Waals surface area contributed by atoms with Crippen molar-refractivity contribution in [2.45, 2.75) is 58.6 Å². The number of hydrogen-bond acceptors (Lipinski definition) is 4. The fraction of sp³-hybridized carbons (Fsp3) is 0.591. The minimum Gasteiger partial charge on any atom is -0.479 e. The summed E-state index contributed by atoms with van der Waals surface area (Å²) in [6.45, 7) is 5.71. The Morgan fingerprint density at radius 3 is 2.28 bits per heavy atom. The van der Waals surface area contributed by atoms with Crippen molar-refractivity contribution in [1.29, 1.82) is 0 Å². The van der Waals surface area contributed by atoms with Gasteiger partial charge in [-0.3, -0.25) is 4.79 Å². The zero-order valence-corrected chi connectivity index (χ0v) is 18.1. The Morgan fingerprint density at radius 1 is 1.14 bits per heavy atom. The second kappa shape index (κ2) is 12.1. The molecule has 1 unspecified atom stereocenters. The van der Waals surface area contributed by atoms with Gasteiger partial charge >= 0.3 is 12.1 Å². The summed E-state index contributed by atoms with van der Waals surface area (Å²) in [6, 6.07) is 9.19. The van der Waals surface area contributed by atoms with Crippen LogP contribution in [0.5, 0.6) is 0 Å². The van der Waals surface area contributed by atoms with Gasteiger partial charge in [0.2, 0.25) is 12.0 Å². The van der Waals surface area contributed by atoms with Crippen LogP contribution in [0.2, 0.25) is 0 Å². The standard InChI is InChI=1S/C22H34N2O5/c1-6-16(3)19(20(25)24(4)5)23-22(28)29-18(21(26)27)14-15(2)12-13-17-10-8-7-9-11-17/h7-11,15-16,18-19H,6,12-14H2,1-5H3,(H,23,28)(H,26,27)/t15?,16-,18-,19-/m0/s1. The molecule has 0 aliphatic heterocycles. The SMILES string of the molecule is CC[C@H](C)[C@H](NC(=O)O[C@@H](CC(C)CCc1ccccc1)C(=O)O)C(=O)N(C)C. The number of likely N-dealkylation sites (N-methyl/N-ethyl adjacent to an activating group) is 1. The highest BCUT2D eigenvalue weighted by Gasteiger charge is 2.30. The second-order valence-electron chi connectivity index (χ2n) is 7.84. The third-order valence-corrected chi connectivity index (χ3v) is 5.10. The van der Waals surface area contributed by atoms with Crippen LogP contribution in [-0.2, 0) is 20.7 Å². The molecular weight excluding hydrogens is 372 g/mol. The zero-order valence-electron chi connectivity index (χ0n) is 18.1. The van der Waals surface area contributed by atoms with E-state index in [0.29, 0.717) is 6.42 Å². The average molecular weight is 407 g/mol. The van der Waals surface area contributed by atoms with Crippen molar-refractivity contribution in [2.24, 2.45) is 11.8 Å². The van der Waals surface area contributed by atoms with E-state index in [9.17, 15) is 19.5 Å². The Morgan fingerprint density at radius 2 is 1.76 bits per heavy atom. The molecule has 7 heteroatoms. The molecule has 29 heavy (non-hydrogen) atoms. The monoisotopic (exact) mass is 406 g/mol. The molecular formula is C22H34N2O5. The first-order chi connectivity index (χ1) is 13.6. The molecule has 1 aromatic rings. The van der Waals surface area contributed by atoms with Gasteiger partial charge in [0.15, 0.2) is 0 Å². The lowest BCUT2D eigenvalue weighted by Gasteiger charge is -2.27. The number of ether oxygens (including phenoxy) is 1. The molecule has 0 saturated carbocycles. The van der Waals surface area contributed by atoms with Crippen LogP contribution < -0.4 is 5.32 Å². The first-order valence-electron chi connectivity index (χ1n) is 10.1. The maximum Gasteiger partial charge on any atom is 0.408 e. The summed E-state index contributed by atoms with van der Waals surface area (Å²) >= 11 is 0. The zero-order chi connectivity index (χ0) is 22.0. The van der Waals surface area contributed by atoms with Crippen molar-refractivity contribution < 1.29 is 24.2 Å². The summed E-state index contributed by atoms with van der Waals surface area (Å²) in [5.74, 6) is -1.49. The van der Waals surface area contributed by atoms with E-state index in [1.54, 1.807) is 14.1 Å². The van der Waals surface area contributed by atoms with E-state index in [0.717, 1.165) is 12.8 Å². The highest BCUT2D eigenvalue weighted by molar-refractivity contribution is 5.86. The van der Waals surface area contributed by atoms with Gasteiger partial charge in [0.1, 0.15) is 6.04 Å². The number of amides is 2. The number of rotatable bonds is 11. The smallest absolute Gasteiger partial charge is 0.408 e. The summed E-state index contributed by atoms with van der Waals surface area (Å²) in [7, 11) is 3.22.